The summed E-state index contributed by atoms with van der Waals surface area (Å²) in [6.45, 7) is 2.24. The molecule has 0 saturated carbocycles. The molecule has 1 saturated heterocycles. The molecule has 1 unspecified atom stereocenters. The fraction of sp³-hybridized carbons (Fsp3) is 0.500. The second-order valence-corrected chi connectivity index (χ2v) is 3.35. The van der Waals surface area contributed by atoms with Crippen LogP contribution in [0.3, 0.4) is 0 Å². The van der Waals surface area contributed by atoms with Gasteiger partial charge in [0, 0.05) is 25.3 Å². The number of hydrogen-bond donors (Lipinski definition) is 1. The van der Waals surface area contributed by atoms with Crippen LogP contribution in [0.25, 0.3) is 0 Å². The van der Waals surface area contributed by atoms with Crippen LogP contribution in [0.1, 0.15) is 23.6 Å². The van der Waals surface area contributed by atoms with E-state index in [1.807, 2.05) is 6.20 Å². The van der Waals surface area contributed by atoms with Gasteiger partial charge in [-0.2, -0.15) is 0 Å². The SMILES string of the molecule is NCc1cc(C2CCOC2)ccn1. The molecule has 0 spiro atoms. The zero-order valence-corrected chi connectivity index (χ0v) is 7.57. The molecule has 0 radical (unpaired) electrons. The molecule has 2 heterocycles. The van der Waals surface area contributed by atoms with Gasteiger partial charge in [-0.3, -0.25) is 4.98 Å². The van der Waals surface area contributed by atoms with Crippen LogP contribution in [-0.4, -0.2) is 18.2 Å². The molecule has 0 aromatic carbocycles. The molecule has 1 aliphatic heterocycles. The number of hydrogen-bond acceptors (Lipinski definition) is 3. The maximum Gasteiger partial charge on any atom is 0.0542 e. The third kappa shape index (κ3) is 1.87. The summed E-state index contributed by atoms with van der Waals surface area (Å²) in [6, 6.07) is 4.14. The molecule has 0 bridgehead atoms. The Morgan fingerprint density at radius 1 is 1.62 bits per heavy atom. The molecule has 0 amide bonds. The van der Waals surface area contributed by atoms with Gasteiger partial charge >= 0.3 is 0 Å². The summed E-state index contributed by atoms with van der Waals surface area (Å²) < 4.78 is 5.33. The molecule has 1 aliphatic rings. The molecule has 1 atom stereocenters. The van der Waals surface area contributed by atoms with Gasteiger partial charge in [0.1, 0.15) is 0 Å². The molecular weight excluding hydrogens is 164 g/mol. The van der Waals surface area contributed by atoms with Crippen molar-refractivity contribution < 1.29 is 4.74 Å². The number of aromatic nitrogens is 1. The summed E-state index contributed by atoms with van der Waals surface area (Å²) in [5, 5.41) is 0. The predicted octanol–water partition coefficient (Wildman–Crippen LogP) is 1.04. The number of nitrogens with two attached hydrogens (primary N) is 1. The van der Waals surface area contributed by atoms with Gasteiger partial charge in [-0.05, 0) is 24.1 Å². The van der Waals surface area contributed by atoms with E-state index in [0.717, 1.165) is 25.3 Å². The van der Waals surface area contributed by atoms with Crippen molar-refractivity contribution in [3.05, 3.63) is 29.6 Å². The Balaban J connectivity index is 2.18. The first-order valence-electron chi connectivity index (χ1n) is 4.63. The average Bonchev–Trinajstić information content (AvgIpc) is 2.71. The summed E-state index contributed by atoms with van der Waals surface area (Å²) in [6.07, 6.45) is 2.95. The van der Waals surface area contributed by atoms with E-state index in [1.165, 1.54) is 5.56 Å². The first-order valence-corrected chi connectivity index (χ1v) is 4.63. The lowest BCUT2D eigenvalue weighted by molar-refractivity contribution is 0.194. The van der Waals surface area contributed by atoms with E-state index in [-0.39, 0.29) is 0 Å². The van der Waals surface area contributed by atoms with Crippen molar-refractivity contribution in [3.8, 4) is 0 Å². The van der Waals surface area contributed by atoms with Crippen molar-refractivity contribution >= 4 is 0 Å². The van der Waals surface area contributed by atoms with Gasteiger partial charge in [-0.15, -0.1) is 0 Å². The minimum Gasteiger partial charge on any atom is -0.381 e. The van der Waals surface area contributed by atoms with Gasteiger partial charge in [0.15, 0.2) is 0 Å². The Morgan fingerprint density at radius 3 is 3.23 bits per heavy atom. The van der Waals surface area contributed by atoms with Crippen molar-refractivity contribution in [2.75, 3.05) is 13.2 Å². The molecule has 70 valence electrons. The average molecular weight is 178 g/mol. The third-order valence-corrected chi connectivity index (χ3v) is 2.45. The quantitative estimate of drug-likeness (QED) is 0.736. The van der Waals surface area contributed by atoms with Crippen LogP contribution in [0.2, 0.25) is 0 Å². The summed E-state index contributed by atoms with van der Waals surface area (Å²) in [7, 11) is 0. The van der Waals surface area contributed by atoms with Crippen LogP contribution in [0.15, 0.2) is 18.3 Å². The third-order valence-electron chi connectivity index (χ3n) is 2.45. The Labute approximate surface area is 77.9 Å². The minimum atomic E-state index is 0.515. The predicted molar refractivity (Wildman–Crippen MR) is 50.3 cm³/mol. The lowest BCUT2D eigenvalue weighted by Gasteiger charge is -2.08. The van der Waals surface area contributed by atoms with Crippen molar-refractivity contribution in [1.29, 1.82) is 0 Å². The van der Waals surface area contributed by atoms with Gasteiger partial charge in [0.05, 0.1) is 12.3 Å². The highest BCUT2D eigenvalue weighted by atomic mass is 16.5. The molecule has 3 heteroatoms. The van der Waals surface area contributed by atoms with Crippen LogP contribution in [0.4, 0.5) is 0 Å². The Hall–Kier alpha value is -0.930. The normalized spacial score (nSPS) is 22.1. The van der Waals surface area contributed by atoms with Gasteiger partial charge in [-0.25, -0.2) is 0 Å². The van der Waals surface area contributed by atoms with E-state index in [2.05, 4.69) is 17.1 Å². The number of pyridine rings is 1. The van der Waals surface area contributed by atoms with Crippen molar-refractivity contribution in [2.45, 2.75) is 18.9 Å². The molecule has 3 nitrogen and oxygen atoms in total. The molecule has 0 aliphatic carbocycles. The number of rotatable bonds is 2. The summed E-state index contributed by atoms with van der Waals surface area (Å²) in [5.74, 6) is 0.549. The van der Waals surface area contributed by atoms with Crippen molar-refractivity contribution in [3.63, 3.8) is 0 Å². The summed E-state index contributed by atoms with van der Waals surface area (Å²) in [4.78, 5) is 4.16. The Morgan fingerprint density at radius 2 is 2.54 bits per heavy atom. The molecule has 1 aromatic rings. The molecule has 1 aromatic heterocycles. The first-order chi connectivity index (χ1) is 6.40. The maximum absolute atomic E-state index is 5.52. The zero-order valence-electron chi connectivity index (χ0n) is 7.57. The van der Waals surface area contributed by atoms with Crippen LogP contribution in [-0.2, 0) is 11.3 Å². The number of nitrogens with zero attached hydrogens (tertiary/aromatic N) is 1. The second-order valence-electron chi connectivity index (χ2n) is 3.35. The summed E-state index contributed by atoms with van der Waals surface area (Å²) in [5.41, 5.74) is 7.80. The Bertz CT molecular complexity index is 282. The lowest BCUT2D eigenvalue weighted by Crippen LogP contribution is -2.03. The highest BCUT2D eigenvalue weighted by Gasteiger charge is 2.17. The smallest absolute Gasteiger partial charge is 0.0542 e. The monoisotopic (exact) mass is 178 g/mol. The van der Waals surface area contributed by atoms with Crippen molar-refractivity contribution in [2.24, 2.45) is 5.73 Å². The van der Waals surface area contributed by atoms with Crippen LogP contribution in [0, 0.1) is 0 Å². The van der Waals surface area contributed by atoms with Crippen LogP contribution in [0.5, 0.6) is 0 Å². The largest absolute Gasteiger partial charge is 0.381 e. The van der Waals surface area contributed by atoms with Gasteiger partial charge < -0.3 is 10.5 Å². The van der Waals surface area contributed by atoms with Gasteiger partial charge in [0.25, 0.3) is 0 Å². The highest BCUT2D eigenvalue weighted by molar-refractivity contribution is 5.21. The first kappa shape index (κ1) is 8.66. The van der Waals surface area contributed by atoms with E-state index < -0.39 is 0 Å². The van der Waals surface area contributed by atoms with Crippen molar-refractivity contribution in [1.82, 2.24) is 4.98 Å². The van der Waals surface area contributed by atoms with E-state index in [0.29, 0.717) is 12.5 Å². The number of ether oxygens (including phenoxy) is 1. The van der Waals surface area contributed by atoms with Crippen LogP contribution < -0.4 is 5.73 Å². The van der Waals surface area contributed by atoms with Gasteiger partial charge in [-0.1, -0.05) is 0 Å². The maximum atomic E-state index is 5.52. The topological polar surface area (TPSA) is 48.1 Å². The van der Waals surface area contributed by atoms with E-state index in [4.69, 9.17) is 10.5 Å². The minimum absolute atomic E-state index is 0.515. The zero-order chi connectivity index (χ0) is 9.10. The highest BCUT2D eigenvalue weighted by Crippen LogP contribution is 2.24. The van der Waals surface area contributed by atoms with E-state index >= 15 is 0 Å². The van der Waals surface area contributed by atoms with E-state index in [9.17, 15) is 0 Å². The summed E-state index contributed by atoms with van der Waals surface area (Å²) >= 11 is 0. The standard InChI is InChI=1S/C10H14N2O/c11-6-10-5-8(1-3-12-10)9-2-4-13-7-9/h1,3,5,9H,2,4,6-7,11H2. The van der Waals surface area contributed by atoms with Crippen LogP contribution >= 0.6 is 0 Å². The fourth-order valence-corrected chi connectivity index (χ4v) is 1.66. The lowest BCUT2D eigenvalue weighted by atomic mass is 9.99. The van der Waals surface area contributed by atoms with E-state index in [1.54, 1.807) is 0 Å². The fourth-order valence-electron chi connectivity index (χ4n) is 1.66. The molecule has 13 heavy (non-hydrogen) atoms. The molecule has 2 N–H and O–H groups in total. The molecule has 1 fully saturated rings. The Kier molecular flexibility index (Phi) is 2.57. The molecule has 2 rings (SSSR count). The second kappa shape index (κ2) is 3.85. The molecular formula is C10H14N2O. The van der Waals surface area contributed by atoms with Gasteiger partial charge in [0.2, 0.25) is 0 Å².